The third-order valence-corrected chi connectivity index (χ3v) is 6.57. The monoisotopic (exact) mass is 543 g/mol. The van der Waals surface area contributed by atoms with Crippen molar-refractivity contribution in [3.8, 4) is 11.5 Å². The van der Waals surface area contributed by atoms with Gasteiger partial charge in [-0.1, -0.05) is 57.9 Å². The Labute approximate surface area is 209 Å². The molecule has 1 aliphatic rings. The van der Waals surface area contributed by atoms with Gasteiger partial charge in [0.05, 0.1) is 17.2 Å². The number of hydrogen-bond acceptors (Lipinski definition) is 5. The number of imide groups is 1. The van der Waals surface area contributed by atoms with E-state index in [1.54, 1.807) is 42.5 Å². The highest BCUT2D eigenvalue weighted by atomic mass is 79.9. The number of para-hydroxylation sites is 1. The van der Waals surface area contributed by atoms with E-state index in [9.17, 15) is 9.59 Å². The van der Waals surface area contributed by atoms with Crippen molar-refractivity contribution in [2.75, 3.05) is 11.5 Å². The number of carbonyl (C=O) groups excluding carboxylic acids is 2. The van der Waals surface area contributed by atoms with Crippen LogP contribution in [0.4, 0.5) is 10.5 Å². The van der Waals surface area contributed by atoms with Crippen molar-refractivity contribution < 1.29 is 19.1 Å². The van der Waals surface area contributed by atoms with Crippen LogP contribution in [0.25, 0.3) is 6.08 Å². The van der Waals surface area contributed by atoms with E-state index in [1.807, 2.05) is 37.3 Å². The van der Waals surface area contributed by atoms with E-state index < -0.39 is 0 Å². The molecule has 8 heteroatoms. The summed E-state index contributed by atoms with van der Waals surface area (Å²) in [6, 6.07) is 19.9. The molecule has 0 aliphatic carbocycles. The Balaban J connectivity index is 1.59. The smallest absolute Gasteiger partial charge is 0.298 e. The van der Waals surface area contributed by atoms with Crippen LogP contribution in [0.3, 0.4) is 0 Å². The predicted octanol–water partition coefficient (Wildman–Crippen LogP) is 7.32. The molecule has 0 unspecified atom stereocenters. The minimum atomic E-state index is -0.357. The zero-order valence-electron chi connectivity index (χ0n) is 17.6. The molecule has 0 atom stereocenters. The number of halogens is 2. The first kappa shape index (κ1) is 23.4. The topological polar surface area (TPSA) is 55.8 Å². The van der Waals surface area contributed by atoms with Crippen LogP contribution < -0.4 is 14.4 Å². The molecule has 5 nitrogen and oxygen atoms in total. The van der Waals surface area contributed by atoms with Gasteiger partial charge in [-0.25, -0.2) is 4.90 Å². The van der Waals surface area contributed by atoms with Gasteiger partial charge < -0.3 is 9.47 Å². The number of ether oxygens (including phenoxy) is 2. The summed E-state index contributed by atoms with van der Waals surface area (Å²) in [6.07, 6.45) is 1.68. The van der Waals surface area contributed by atoms with Crippen molar-refractivity contribution in [2.24, 2.45) is 0 Å². The maximum absolute atomic E-state index is 12.9. The second kappa shape index (κ2) is 10.5. The fourth-order valence-corrected chi connectivity index (χ4v) is 4.59. The van der Waals surface area contributed by atoms with Crippen LogP contribution in [0.15, 0.2) is 76.1 Å². The van der Waals surface area contributed by atoms with Crippen molar-refractivity contribution >= 4 is 62.2 Å². The fourth-order valence-electron chi connectivity index (χ4n) is 3.19. The zero-order valence-corrected chi connectivity index (χ0v) is 20.7. The Kier molecular flexibility index (Phi) is 7.42. The van der Waals surface area contributed by atoms with Crippen LogP contribution in [0, 0.1) is 0 Å². The van der Waals surface area contributed by atoms with Crippen molar-refractivity contribution in [1.82, 2.24) is 0 Å². The summed E-state index contributed by atoms with van der Waals surface area (Å²) in [5.41, 5.74) is 2.22. The lowest BCUT2D eigenvalue weighted by atomic mass is 10.1. The molecule has 1 aliphatic heterocycles. The van der Waals surface area contributed by atoms with Gasteiger partial charge in [0.1, 0.15) is 6.61 Å². The van der Waals surface area contributed by atoms with Gasteiger partial charge in [-0.15, -0.1) is 0 Å². The van der Waals surface area contributed by atoms with E-state index in [4.69, 9.17) is 21.1 Å². The molecule has 0 bridgehead atoms. The number of hydrogen-bond donors (Lipinski definition) is 0. The number of nitrogens with zero attached hydrogens (tertiary/aromatic N) is 1. The number of benzene rings is 3. The molecule has 0 radical (unpaired) electrons. The first-order chi connectivity index (χ1) is 16.0. The largest absolute Gasteiger partial charge is 0.490 e. The van der Waals surface area contributed by atoms with E-state index in [0.29, 0.717) is 50.4 Å². The molecule has 0 spiro atoms. The van der Waals surface area contributed by atoms with E-state index in [1.165, 1.54) is 4.90 Å². The lowest BCUT2D eigenvalue weighted by molar-refractivity contribution is -0.113. The van der Waals surface area contributed by atoms with Gasteiger partial charge >= 0.3 is 0 Å². The molecule has 4 rings (SSSR count). The molecule has 0 N–H and O–H groups in total. The molecule has 1 heterocycles. The van der Waals surface area contributed by atoms with Gasteiger partial charge in [0, 0.05) is 9.50 Å². The van der Waals surface area contributed by atoms with Crippen LogP contribution in [0.1, 0.15) is 18.1 Å². The molecule has 168 valence electrons. The second-order valence-electron chi connectivity index (χ2n) is 7.02. The average molecular weight is 545 g/mol. The third kappa shape index (κ3) is 5.43. The average Bonchev–Trinajstić information content (AvgIpc) is 3.09. The zero-order chi connectivity index (χ0) is 23.4. The lowest BCUT2D eigenvalue weighted by Gasteiger charge is -2.14. The van der Waals surface area contributed by atoms with Crippen molar-refractivity contribution in [3.05, 3.63) is 92.3 Å². The highest BCUT2D eigenvalue weighted by Gasteiger charge is 2.36. The Morgan fingerprint density at radius 3 is 2.39 bits per heavy atom. The second-order valence-corrected chi connectivity index (χ2v) is 9.31. The van der Waals surface area contributed by atoms with E-state index in [0.717, 1.165) is 17.3 Å². The molecule has 0 aromatic heterocycles. The highest BCUT2D eigenvalue weighted by molar-refractivity contribution is 9.10. The Morgan fingerprint density at radius 1 is 1.00 bits per heavy atom. The van der Waals surface area contributed by atoms with Gasteiger partial charge in [0.25, 0.3) is 11.1 Å². The summed E-state index contributed by atoms with van der Waals surface area (Å²) in [7, 11) is 0. The highest BCUT2D eigenvalue weighted by Crippen LogP contribution is 2.39. The normalized spacial score (nSPS) is 14.8. The summed E-state index contributed by atoms with van der Waals surface area (Å²) in [5, 5.41) is 0.332. The molecule has 33 heavy (non-hydrogen) atoms. The molecule has 1 fully saturated rings. The van der Waals surface area contributed by atoms with Crippen molar-refractivity contribution in [2.45, 2.75) is 13.5 Å². The van der Waals surface area contributed by atoms with E-state index in [2.05, 4.69) is 15.9 Å². The summed E-state index contributed by atoms with van der Waals surface area (Å²) < 4.78 is 12.5. The number of rotatable bonds is 7. The summed E-state index contributed by atoms with van der Waals surface area (Å²) in [4.78, 5) is 26.9. The molecule has 3 aromatic carbocycles. The van der Waals surface area contributed by atoms with E-state index in [-0.39, 0.29) is 11.1 Å². The first-order valence-electron chi connectivity index (χ1n) is 10.1. The number of carbonyl (C=O) groups is 2. The van der Waals surface area contributed by atoms with Crippen molar-refractivity contribution in [3.63, 3.8) is 0 Å². The SMILES string of the molecule is CCOc1cc(/C=C2\SC(=O)N(c3ccccc3)C2=O)c(Br)cc1OCc1ccc(Cl)cc1. The van der Waals surface area contributed by atoms with Crippen LogP contribution in [-0.2, 0) is 11.4 Å². The molecule has 3 aromatic rings. The van der Waals surface area contributed by atoms with Gasteiger partial charge in [0.2, 0.25) is 0 Å². The molecular formula is C25H19BrClNO4S. The first-order valence-corrected chi connectivity index (χ1v) is 12.1. The van der Waals surface area contributed by atoms with Crippen LogP contribution in [-0.4, -0.2) is 17.8 Å². The fraction of sp³-hybridized carbons (Fsp3) is 0.120. The Morgan fingerprint density at radius 2 is 1.70 bits per heavy atom. The van der Waals surface area contributed by atoms with Crippen LogP contribution in [0.2, 0.25) is 5.02 Å². The van der Waals surface area contributed by atoms with Gasteiger partial charge in [-0.3, -0.25) is 9.59 Å². The molecular weight excluding hydrogens is 526 g/mol. The van der Waals surface area contributed by atoms with Crippen LogP contribution >= 0.6 is 39.3 Å². The van der Waals surface area contributed by atoms with Crippen molar-refractivity contribution in [1.29, 1.82) is 0 Å². The molecule has 2 amide bonds. The maximum Gasteiger partial charge on any atom is 0.298 e. The number of thioether (sulfide) groups is 1. The van der Waals surface area contributed by atoms with Gasteiger partial charge in [-0.2, -0.15) is 0 Å². The maximum atomic E-state index is 12.9. The van der Waals surface area contributed by atoms with Gasteiger partial charge in [-0.05, 0) is 72.3 Å². The standard InChI is InChI=1S/C25H19BrClNO4S/c1-2-31-21-12-17(20(26)14-22(21)32-15-16-8-10-18(27)11-9-16)13-23-24(29)28(25(30)33-23)19-6-4-3-5-7-19/h3-14H,2,15H2,1H3/b23-13-. The Hall–Kier alpha value is -2.74. The molecule has 1 saturated heterocycles. The quantitative estimate of drug-likeness (QED) is 0.292. The van der Waals surface area contributed by atoms with E-state index >= 15 is 0 Å². The predicted molar refractivity (Wildman–Crippen MR) is 136 cm³/mol. The third-order valence-electron chi connectivity index (χ3n) is 4.77. The van der Waals surface area contributed by atoms with Crippen LogP contribution in [0.5, 0.6) is 11.5 Å². The van der Waals surface area contributed by atoms with Gasteiger partial charge in [0.15, 0.2) is 11.5 Å². The summed E-state index contributed by atoms with van der Waals surface area (Å²) in [6.45, 7) is 2.68. The lowest BCUT2D eigenvalue weighted by Crippen LogP contribution is -2.27. The number of amides is 2. The number of anilines is 1. The minimum Gasteiger partial charge on any atom is -0.490 e. The Bertz CT molecular complexity index is 1220. The summed E-state index contributed by atoms with van der Waals surface area (Å²) in [5.74, 6) is 0.751. The summed E-state index contributed by atoms with van der Waals surface area (Å²) >= 11 is 10.4. The molecule has 0 saturated carbocycles. The minimum absolute atomic E-state index is 0.332.